The fraction of sp³-hybridized carbons (Fsp3) is 0.286. The first-order chi connectivity index (χ1) is 8.49. The summed E-state index contributed by atoms with van der Waals surface area (Å²) in [5.74, 6) is 0.751. The van der Waals surface area contributed by atoms with E-state index < -0.39 is 0 Å². The maximum Gasteiger partial charge on any atom is 0.267 e. The molecule has 0 fully saturated rings. The predicted octanol–water partition coefficient (Wildman–Crippen LogP) is 2.82. The first kappa shape index (κ1) is 13.3. The quantitative estimate of drug-likeness (QED) is 0.778. The third-order valence-electron chi connectivity index (χ3n) is 3.04. The fourth-order valence-corrected chi connectivity index (χ4v) is 2.31. The third-order valence-corrected chi connectivity index (χ3v) is 3.78. The van der Waals surface area contributed by atoms with Gasteiger partial charge in [0.15, 0.2) is 0 Å². The maximum absolute atomic E-state index is 12.1. The van der Waals surface area contributed by atoms with Crippen molar-refractivity contribution < 1.29 is 0 Å². The molecule has 18 heavy (non-hydrogen) atoms. The second-order valence-electron chi connectivity index (χ2n) is 4.47. The van der Waals surface area contributed by atoms with Crippen LogP contribution in [0.2, 0.25) is 0 Å². The van der Waals surface area contributed by atoms with Crippen LogP contribution < -0.4 is 5.56 Å². The van der Waals surface area contributed by atoms with Gasteiger partial charge in [-0.15, -0.1) is 0 Å². The summed E-state index contributed by atoms with van der Waals surface area (Å²) in [6, 6.07) is 6.30. The second-order valence-corrected chi connectivity index (χ2v) is 5.64. The van der Waals surface area contributed by atoms with Crippen LogP contribution in [0.4, 0.5) is 0 Å². The van der Waals surface area contributed by atoms with Crippen molar-refractivity contribution in [1.29, 1.82) is 0 Å². The topological polar surface area (TPSA) is 34.9 Å². The first-order valence-corrected chi connectivity index (χ1v) is 6.85. The van der Waals surface area contributed by atoms with Gasteiger partial charge in [-0.05, 0) is 54.5 Å². The van der Waals surface area contributed by atoms with Crippen molar-refractivity contribution in [3.8, 4) is 0 Å². The van der Waals surface area contributed by atoms with E-state index in [1.54, 1.807) is 10.8 Å². The molecule has 0 aliphatic heterocycles. The average Bonchev–Trinajstić information content (AvgIpc) is 2.34. The van der Waals surface area contributed by atoms with Gasteiger partial charge in [0.25, 0.3) is 5.56 Å². The summed E-state index contributed by atoms with van der Waals surface area (Å²) in [5.41, 5.74) is 3.61. The summed E-state index contributed by atoms with van der Waals surface area (Å²) in [4.78, 5) is 16.3. The van der Waals surface area contributed by atoms with Gasteiger partial charge >= 0.3 is 0 Å². The van der Waals surface area contributed by atoms with Crippen LogP contribution in [0.3, 0.4) is 0 Å². The molecule has 0 radical (unpaired) electrons. The standard InChI is InChI=1S/C14H15IN2O/c1-9-4-5-10(2)12(6-9)8-17-11(3)16-7-13(15)14(17)18/h4-7H,8H2,1-3H3. The Morgan fingerprint density at radius 3 is 2.72 bits per heavy atom. The maximum atomic E-state index is 12.1. The highest BCUT2D eigenvalue weighted by molar-refractivity contribution is 14.1. The lowest BCUT2D eigenvalue weighted by atomic mass is 10.1. The van der Waals surface area contributed by atoms with E-state index >= 15 is 0 Å². The van der Waals surface area contributed by atoms with E-state index in [9.17, 15) is 4.79 Å². The van der Waals surface area contributed by atoms with Crippen LogP contribution in [0.25, 0.3) is 0 Å². The number of rotatable bonds is 2. The van der Waals surface area contributed by atoms with E-state index in [0.29, 0.717) is 10.1 Å². The van der Waals surface area contributed by atoms with Gasteiger partial charge in [-0.3, -0.25) is 9.36 Å². The van der Waals surface area contributed by atoms with Crippen molar-refractivity contribution in [2.45, 2.75) is 27.3 Å². The van der Waals surface area contributed by atoms with Crippen LogP contribution >= 0.6 is 22.6 Å². The first-order valence-electron chi connectivity index (χ1n) is 5.77. The predicted molar refractivity (Wildman–Crippen MR) is 81.0 cm³/mol. The highest BCUT2D eigenvalue weighted by atomic mass is 127. The van der Waals surface area contributed by atoms with Crippen LogP contribution in [0.15, 0.2) is 29.2 Å². The molecule has 1 aromatic heterocycles. The Morgan fingerprint density at radius 1 is 1.28 bits per heavy atom. The monoisotopic (exact) mass is 354 g/mol. The molecule has 0 atom stereocenters. The molecule has 2 aromatic rings. The zero-order chi connectivity index (χ0) is 13.3. The van der Waals surface area contributed by atoms with Gasteiger partial charge in [-0.1, -0.05) is 23.8 Å². The molecule has 4 heteroatoms. The lowest BCUT2D eigenvalue weighted by Gasteiger charge is -2.12. The smallest absolute Gasteiger partial charge is 0.267 e. The van der Waals surface area contributed by atoms with E-state index in [2.05, 4.69) is 37.0 Å². The summed E-state index contributed by atoms with van der Waals surface area (Å²) in [6.07, 6.45) is 1.62. The molecular formula is C14H15IN2O. The highest BCUT2D eigenvalue weighted by Gasteiger charge is 2.07. The molecule has 0 saturated heterocycles. The van der Waals surface area contributed by atoms with E-state index in [1.807, 2.05) is 29.5 Å². The Balaban J connectivity index is 2.49. The molecule has 0 bridgehead atoms. The molecule has 1 heterocycles. The van der Waals surface area contributed by atoms with Crippen molar-refractivity contribution in [2.24, 2.45) is 0 Å². The zero-order valence-corrected chi connectivity index (χ0v) is 12.9. The van der Waals surface area contributed by atoms with Crippen LogP contribution in [-0.4, -0.2) is 9.55 Å². The van der Waals surface area contributed by atoms with E-state index in [0.717, 1.165) is 5.82 Å². The Kier molecular flexibility index (Phi) is 3.85. The molecule has 0 aliphatic rings. The van der Waals surface area contributed by atoms with Gasteiger partial charge < -0.3 is 0 Å². The van der Waals surface area contributed by atoms with Crippen LogP contribution in [0.5, 0.6) is 0 Å². The Hall–Kier alpha value is -1.17. The fourth-order valence-electron chi connectivity index (χ4n) is 1.88. The summed E-state index contributed by atoms with van der Waals surface area (Å²) in [6.45, 7) is 6.58. The number of nitrogens with zero attached hydrogens (tertiary/aromatic N) is 2. The zero-order valence-electron chi connectivity index (χ0n) is 10.7. The van der Waals surface area contributed by atoms with Crippen molar-refractivity contribution >= 4 is 22.6 Å². The average molecular weight is 354 g/mol. The number of halogens is 1. The minimum atomic E-state index is 0.0315. The molecule has 0 unspecified atom stereocenters. The molecule has 94 valence electrons. The van der Waals surface area contributed by atoms with Gasteiger partial charge in [-0.2, -0.15) is 0 Å². The summed E-state index contributed by atoms with van der Waals surface area (Å²) < 4.78 is 2.38. The molecule has 0 N–H and O–H groups in total. The normalized spacial score (nSPS) is 10.7. The van der Waals surface area contributed by atoms with Crippen LogP contribution in [-0.2, 0) is 6.54 Å². The molecule has 1 aromatic carbocycles. The minimum Gasteiger partial charge on any atom is -0.291 e. The lowest BCUT2D eigenvalue weighted by Crippen LogP contribution is -2.26. The Labute approximate surface area is 120 Å². The Bertz CT molecular complexity index is 647. The van der Waals surface area contributed by atoms with E-state index in [1.165, 1.54) is 16.7 Å². The molecule has 0 saturated carbocycles. The number of hydrogen-bond donors (Lipinski definition) is 0. The van der Waals surface area contributed by atoms with Crippen molar-refractivity contribution in [3.05, 3.63) is 60.8 Å². The van der Waals surface area contributed by atoms with Gasteiger partial charge in [0.05, 0.1) is 10.1 Å². The molecule has 0 aliphatic carbocycles. The van der Waals surface area contributed by atoms with Crippen LogP contribution in [0.1, 0.15) is 22.5 Å². The lowest BCUT2D eigenvalue weighted by molar-refractivity contribution is 0.692. The number of aryl methyl sites for hydroxylation is 3. The molecular weight excluding hydrogens is 339 g/mol. The molecule has 3 nitrogen and oxygen atoms in total. The Morgan fingerprint density at radius 2 is 2.00 bits per heavy atom. The largest absolute Gasteiger partial charge is 0.291 e. The molecule has 2 rings (SSSR count). The summed E-state index contributed by atoms with van der Waals surface area (Å²) >= 11 is 2.03. The third kappa shape index (κ3) is 2.63. The van der Waals surface area contributed by atoms with Crippen molar-refractivity contribution in [1.82, 2.24) is 9.55 Å². The van der Waals surface area contributed by atoms with Gasteiger partial charge in [0, 0.05) is 6.20 Å². The van der Waals surface area contributed by atoms with Crippen molar-refractivity contribution in [3.63, 3.8) is 0 Å². The van der Waals surface area contributed by atoms with E-state index in [-0.39, 0.29) is 5.56 Å². The van der Waals surface area contributed by atoms with Crippen LogP contribution in [0, 0.1) is 24.3 Å². The summed E-state index contributed by atoms with van der Waals surface area (Å²) in [7, 11) is 0. The number of aromatic nitrogens is 2. The number of hydrogen-bond acceptors (Lipinski definition) is 2. The van der Waals surface area contributed by atoms with E-state index in [4.69, 9.17) is 0 Å². The van der Waals surface area contributed by atoms with Crippen molar-refractivity contribution in [2.75, 3.05) is 0 Å². The van der Waals surface area contributed by atoms with Gasteiger partial charge in [0.2, 0.25) is 0 Å². The SMILES string of the molecule is Cc1ccc(C)c(Cn2c(C)ncc(I)c2=O)c1. The summed E-state index contributed by atoms with van der Waals surface area (Å²) in [5, 5.41) is 0. The highest BCUT2D eigenvalue weighted by Crippen LogP contribution is 2.12. The molecule has 0 amide bonds. The van der Waals surface area contributed by atoms with Gasteiger partial charge in [-0.25, -0.2) is 4.98 Å². The number of benzene rings is 1. The second kappa shape index (κ2) is 5.22. The van der Waals surface area contributed by atoms with Gasteiger partial charge in [0.1, 0.15) is 5.82 Å². The molecule has 0 spiro atoms. The minimum absolute atomic E-state index is 0.0315.